The Bertz CT molecular complexity index is 1090. The molecule has 0 amide bonds. The number of fused-ring (bicyclic) bond motifs is 4. The maximum atomic E-state index is 13.3. The van der Waals surface area contributed by atoms with Gasteiger partial charge in [-0.25, -0.2) is 4.39 Å². The van der Waals surface area contributed by atoms with E-state index in [4.69, 9.17) is 0 Å². The Morgan fingerprint density at radius 2 is 1.94 bits per heavy atom. The first-order valence-corrected chi connectivity index (χ1v) is 10.9. The van der Waals surface area contributed by atoms with Crippen molar-refractivity contribution in [3.8, 4) is 0 Å². The molecular weight excluding hydrogens is 393 g/mol. The quantitative estimate of drug-likeness (QED) is 0.665. The van der Waals surface area contributed by atoms with Crippen LogP contribution in [0.4, 0.5) is 4.39 Å². The fraction of sp³-hybridized carbons (Fsp3) is 0.417. The molecule has 2 atom stereocenters. The lowest BCUT2D eigenvalue weighted by molar-refractivity contribution is 0.113. The van der Waals surface area contributed by atoms with Crippen molar-refractivity contribution in [3.05, 3.63) is 87.3 Å². The number of H-pyrrole nitrogens is 1. The number of piperidine rings is 1. The van der Waals surface area contributed by atoms with Crippen LogP contribution >= 0.6 is 0 Å². The van der Waals surface area contributed by atoms with Crippen molar-refractivity contribution in [3.63, 3.8) is 0 Å². The van der Waals surface area contributed by atoms with Gasteiger partial charge in [0.1, 0.15) is 5.82 Å². The molecular formula is C24H28FN5O. The standard InChI is InChI=1S/C24H28FN5O/c1-28(11-17-2-5-21(25)6-3-17)14-19-4-7-23-20-10-18(13-30(23)24(19)31)12-29(15-20)16-22-8-9-26-27-22/h2-9,18,20H,10-16H2,1H3,(H,26,27)/t18-,20+/m0/s1. The van der Waals surface area contributed by atoms with E-state index in [2.05, 4.69) is 26.1 Å². The molecule has 0 aliphatic carbocycles. The lowest BCUT2D eigenvalue weighted by Gasteiger charge is -2.42. The third-order valence-corrected chi connectivity index (χ3v) is 6.52. The van der Waals surface area contributed by atoms with E-state index >= 15 is 0 Å². The number of halogens is 1. The summed E-state index contributed by atoms with van der Waals surface area (Å²) < 4.78 is 15.2. The van der Waals surface area contributed by atoms with E-state index in [9.17, 15) is 9.18 Å². The van der Waals surface area contributed by atoms with Gasteiger partial charge >= 0.3 is 0 Å². The van der Waals surface area contributed by atoms with Crippen molar-refractivity contribution in [2.24, 2.45) is 5.92 Å². The summed E-state index contributed by atoms with van der Waals surface area (Å²) in [6.45, 7) is 4.91. The van der Waals surface area contributed by atoms with Gasteiger partial charge in [0, 0.05) is 68.3 Å². The van der Waals surface area contributed by atoms with E-state index in [0.29, 0.717) is 24.9 Å². The highest BCUT2D eigenvalue weighted by Gasteiger charge is 2.35. The van der Waals surface area contributed by atoms with Crippen molar-refractivity contribution in [2.75, 3.05) is 20.1 Å². The van der Waals surface area contributed by atoms with E-state index < -0.39 is 0 Å². The Balaban J connectivity index is 1.30. The second kappa shape index (κ2) is 8.40. The first kappa shape index (κ1) is 20.2. The first-order chi connectivity index (χ1) is 15.0. The smallest absolute Gasteiger partial charge is 0.255 e. The summed E-state index contributed by atoms with van der Waals surface area (Å²) in [6.07, 6.45) is 2.95. The number of hydrogen-bond donors (Lipinski definition) is 1. The van der Waals surface area contributed by atoms with Crippen molar-refractivity contribution in [1.29, 1.82) is 0 Å². The van der Waals surface area contributed by atoms with Crippen molar-refractivity contribution < 1.29 is 4.39 Å². The molecule has 6 nitrogen and oxygen atoms in total. The molecule has 1 fully saturated rings. The second-order valence-electron chi connectivity index (χ2n) is 9.07. The normalized spacial score (nSPS) is 20.7. The molecule has 2 aliphatic rings. The van der Waals surface area contributed by atoms with Gasteiger partial charge in [0.15, 0.2) is 0 Å². The minimum Gasteiger partial charge on any atom is -0.312 e. The maximum absolute atomic E-state index is 13.3. The van der Waals surface area contributed by atoms with Gasteiger partial charge < -0.3 is 4.57 Å². The highest BCUT2D eigenvalue weighted by molar-refractivity contribution is 5.23. The van der Waals surface area contributed by atoms with E-state index in [1.54, 1.807) is 18.3 Å². The molecule has 5 rings (SSSR count). The molecule has 0 unspecified atom stereocenters. The Morgan fingerprint density at radius 3 is 2.71 bits per heavy atom. The van der Waals surface area contributed by atoms with Crippen LogP contribution < -0.4 is 5.56 Å². The van der Waals surface area contributed by atoms with Gasteiger partial charge in [-0.05, 0) is 49.2 Å². The molecule has 4 heterocycles. The largest absolute Gasteiger partial charge is 0.312 e. The van der Waals surface area contributed by atoms with Crippen LogP contribution in [-0.2, 0) is 26.2 Å². The third-order valence-electron chi connectivity index (χ3n) is 6.52. The summed E-state index contributed by atoms with van der Waals surface area (Å²) in [7, 11) is 2.00. The molecule has 2 aliphatic heterocycles. The zero-order valence-electron chi connectivity index (χ0n) is 17.8. The van der Waals surface area contributed by atoms with Gasteiger partial charge in [0.05, 0.1) is 0 Å². The highest BCUT2D eigenvalue weighted by atomic mass is 19.1. The molecule has 3 aromatic rings. The number of nitrogens with one attached hydrogen (secondary N) is 1. The number of nitrogens with zero attached hydrogens (tertiary/aromatic N) is 4. The summed E-state index contributed by atoms with van der Waals surface area (Å²) in [5.41, 5.74) is 4.30. The Morgan fingerprint density at radius 1 is 1.10 bits per heavy atom. The van der Waals surface area contributed by atoms with E-state index in [1.165, 1.54) is 17.8 Å². The van der Waals surface area contributed by atoms with Gasteiger partial charge in [-0.15, -0.1) is 0 Å². The number of benzene rings is 1. The van der Waals surface area contributed by atoms with Crippen LogP contribution in [0.25, 0.3) is 0 Å². The van der Waals surface area contributed by atoms with Gasteiger partial charge in [0.25, 0.3) is 5.56 Å². The van der Waals surface area contributed by atoms with Crippen LogP contribution in [0, 0.1) is 11.7 Å². The highest BCUT2D eigenvalue weighted by Crippen LogP contribution is 2.35. The average Bonchev–Trinajstić information content (AvgIpc) is 3.25. The van der Waals surface area contributed by atoms with Crippen molar-refractivity contribution in [1.82, 2.24) is 24.6 Å². The lowest BCUT2D eigenvalue weighted by Crippen LogP contribution is -2.47. The average molecular weight is 422 g/mol. The van der Waals surface area contributed by atoms with Crippen LogP contribution in [0.5, 0.6) is 0 Å². The maximum Gasteiger partial charge on any atom is 0.255 e. The number of hydrogen-bond acceptors (Lipinski definition) is 4. The Labute approximate surface area is 181 Å². The van der Waals surface area contributed by atoms with E-state index in [-0.39, 0.29) is 11.4 Å². The number of rotatable bonds is 6. The van der Waals surface area contributed by atoms with Crippen LogP contribution in [0.2, 0.25) is 0 Å². The van der Waals surface area contributed by atoms with Crippen molar-refractivity contribution in [2.45, 2.75) is 38.5 Å². The van der Waals surface area contributed by atoms with Crippen LogP contribution in [-0.4, -0.2) is 44.7 Å². The number of aromatic amines is 1. The van der Waals surface area contributed by atoms with Gasteiger partial charge in [-0.2, -0.15) is 5.10 Å². The zero-order chi connectivity index (χ0) is 21.4. The zero-order valence-corrected chi connectivity index (χ0v) is 17.8. The fourth-order valence-corrected chi connectivity index (χ4v) is 5.20. The second-order valence-corrected chi connectivity index (χ2v) is 9.07. The molecule has 0 radical (unpaired) electrons. The summed E-state index contributed by atoms with van der Waals surface area (Å²) in [5, 5.41) is 7.11. The van der Waals surface area contributed by atoms with Crippen LogP contribution in [0.3, 0.4) is 0 Å². The monoisotopic (exact) mass is 421 g/mol. The number of aromatic nitrogens is 3. The molecule has 0 spiro atoms. The molecule has 31 heavy (non-hydrogen) atoms. The topological polar surface area (TPSA) is 57.2 Å². The van der Waals surface area contributed by atoms with Gasteiger partial charge in [0.2, 0.25) is 0 Å². The third kappa shape index (κ3) is 4.34. The fourth-order valence-electron chi connectivity index (χ4n) is 5.20. The summed E-state index contributed by atoms with van der Waals surface area (Å²) in [5.74, 6) is 0.668. The first-order valence-electron chi connectivity index (χ1n) is 10.9. The van der Waals surface area contributed by atoms with Crippen molar-refractivity contribution >= 4 is 0 Å². The molecule has 1 N–H and O–H groups in total. The molecule has 2 bridgehead atoms. The minimum atomic E-state index is -0.229. The number of pyridine rings is 1. The van der Waals surface area contributed by atoms with Gasteiger partial charge in [-0.1, -0.05) is 18.2 Å². The van der Waals surface area contributed by atoms with Crippen LogP contribution in [0.1, 0.15) is 34.9 Å². The lowest BCUT2D eigenvalue weighted by atomic mass is 9.83. The predicted octanol–water partition coefficient (Wildman–Crippen LogP) is 2.96. The summed E-state index contributed by atoms with van der Waals surface area (Å²) in [6, 6.07) is 12.7. The number of likely N-dealkylation sites (tertiary alicyclic amines) is 1. The minimum absolute atomic E-state index is 0.139. The molecule has 162 valence electrons. The van der Waals surface area contributed by atoms with E-state index in [0.717, 1.165) is 49.4 Å². The predicted molar refractivity (Wildman–Crippen MR) is 117 cm³/mol. The Kier molecular flexibility index (Phi) is 5.46. The Hall–Kier alpha value is -2.77. The summed E-state index contributed by atoms with van der Waals surface area (Å²) in [4.78, 5) is 17.9. The summed E-state index contributed by atoms with van der Waals surface area (Å²) >= 11 is 0. The van der Waals surface area contributed by atoms with E-state index in [1.807, 2.05) is 23.7 Å². The van der Waals surface area contributed by atoms with Gasteiger partial charge in [-0.3, -0.25) is 19.7 Å². The SMILES string of the molecule is CN(Cc1ccc(F)cc1)Cc1ccc2n(c1=O)C[C@H]1C[C@@H]2CN(Cc2ccn[nH]2)C1. The molecule has 2 aromatic heterocycles. The molecule has 1 aromatic carbocycles. The van der Waals surface area contributed by atoms with Crippen LogP contribution in [0.15, 0.2) is 53.5 Å². The molecule has 0 saturated carbocycles. The molecule has 1 saturated heterocycles. The molecule has 7 heteroatoms.